The van der Waals surface area contributed by atoms with E-state index in [4.69, 9.17) is 0 Å². The maximum atomic E-state index is 11.5. The first-order chi connectivity index (χ1) is 14.1. The lowest BCUT2D eigenvalue weighted by Gasteiger charge is -2.37. The third kappa shape index (κ3) is 5.35. The molecule has 0 spiro atoms. The summed E-state index contributed by atoms with van der Waals surface area (Å²) in [5, 5.41) is 2.97. The van der Waals surface area contributed by atoms with Gasteiger partial charge in [0.2, 0.25) is 5.91 Å². The Morgan fingerprint density at radius 2 is 1.77 bits per heavy atom. The highest BCUT2D eigenvalue weighted by Gasteiger charge is 2.18. The first-order valence-electron chi connectivity index (χ1n) is 11.1. The lowest BCUT2D eigenvalue weighted by molar-refractivity contribution is -0.116. The highest BCUT2D eigenvalue weighted by Crippen LogP contribution is 2.25. The average Bonchev–Trinajstić information content (AvgIpc) is 2.74. The standard InChI is InChI=1S/C25H33N3O.ClH/c1-19-6-5-8-24(20(19)2)28-16-14-27(15-17-28)13-4-3-7-21-9-11-23-22(18-21)10-12-25(29)26-23;/h5-6,8-9,11,18H,3-4,7,10,12-17H2,1-2H3,(H,26,29);1H. The number of aryl methyl sites for hydroxylation is 3. The van der Waals surface area contributed by atoms with Crippen LogP contribution < -0.4 is 10.2 Å². The van der Waals surface area contributed by atoms with Gasteiger partial charge < -0.3 is 10.2 Å². The monoisotopic (exact) mass is 427 g/mol. The van der Waals surface area contributed by atoms with Gasteiger partial charge in [0.1, 0.15) is 0 Å². The number of carbonyl (C=O) groups is 1. The lowest BCUT2D eigenvalue weighted by atomic mass is 9.98. The number of amides is 1. The number of piperazine rings is 1. The Bertz CT molecular complexity index is 875. The zero-order valence-electron chi connectivity index (χ0n) is 18.2. The fraction of sp³-hybridized carbons (Fsp3) is 0.480. The molecule has 30 heavy (non-hydrogen) atoms. The maximum Gasteiger partial charge on any atom is 0.224 e. The summed E-state index contributed by atoms with van der Waals surface area (Å²) in [5.74, 6) is 0.142. The highest BCUT2D eigenvalue weighted by molar-refractivity contribution is 5.93. The molecule has 0 unspecified atom stereocenters. The van der Waals surface area contributed by atoms with Crippen molar-refractivity contribution < 1.29 is 4.79 Å². The summed E-state index contributed by atoms with van der Waals surface area (Å²) >= 11 is 0. The number of hydrogen-bond donors (Lipinski definition) is 1. The number of carbonyl (C=O) groups excluding carboxylic acids is 1. The van der Waals surface area contributed by atoms with Gasteiger partial charge in [-0.05, 0) is 80.5 Å². The Morgan fingerprint density at radius 1 is 0.967 bits per heavy atom. The third-order valence-electron chi connectivity index (χ3n) is 6.54. The molecule has 2 heterocycles. The van der Waals surface area contributed by atoms with Gasteiger partial charge in [0, 0.05) is 44.0 Å². The van der Waals surface area contributed by atoms with Crippen LogP contribution in [0.4, 0.5) is 11.4 Å². The van der Waals surface area contributed by atoms with Crippen molar-refractivity contribution in [1.82, 2.24) is 4.90 Å². The molecular weight excluding hydrogens is 394 g/mol. The molecule has 4 rings (SSSR count). The lowest BCUT2D eigenvalue weighted by Crippen LogP contribution is -2.46. The molecule has 4 nitrogen and oxygen atoms in total. The Labute approximate surface area is 187 Å². The van der Waals surface area contributed by atoms with Crippen LogP contribution in [-0.2, 0) is 17.6 Å². The smallest absolute Gasteiger partial charge is 0.224 e. The molecule has 5 heteroatoms. The summed E-state index contributed by atoms with van der Waals surface area (Å²) in [4.78, 5) is 16.6. The summed E-state index contributed by atoms with van der Waals surface area (Å²) in [6.07, 6.45) is 5.09. The highest BCUT2D eigenvalue weighted by atomic mass is 35.5. The Balaban J connectivity index is 0.00000256. The van der Waals surface area contributed by atoms with Crippen LogP contribution in [0.15, 0.2) is 36.4 Å². The Hall–Kier alpha value is -2.04. The largest absolute Gasteiger partial charge is 0.369 e. The quantitative estimate of drug-likeness (QED) is 0.675. The van der Waals surface area contributed by atoms with Gasteiger partial charge in [-0.25, -0.2) is 0 Å². The number of benzene rings is 2. The van der Waals surface area contributed by atoms with Gasteiger partial charge in [-0.2, -0.15) is 0 Å². The van der Waals surface area contributed by atoms with Gasteiger partial charge >= 0.3 is 0 Å². The molecule has 2 aliphatic rings. The van der Waals surface area contributed by atoms with Crippen LogP contribution in [0.2, 0.25) is 0 Å². The summed E-state index contributed by atoms with van der Waals surface area (Å²) < 4.78 is 0. The topological polar surface area (TPSA) is 35.6 Å². The van der Waals surface area contributed by atoms with Gasteiger partial charge in [0.25, 0.3) is 0 Å². The molecule has 1 saturated heterocycles. The second-order valence-electron chi connectivity index (χ2n) is 8.54. The van der Waals surface area contributed by atoms with Crippen LogP contribution in [0.3, 0.4) is 0 Å². The van der Waals surface area contributed by atoms with Gasteiger partial charge in [0.05, 0.1) is 0 Å². The molecule has 162 valence electrons. The van der Waals surface area contributed by atoms with E-state index < -0.39 is 0 Å². The van der Waals surface area contributed by atoms with E-state index in [1.807, 2.05) is 0 Å². The second kappa shape index (κ2) is 10.3. The van der Waals surface area contributed by atoms with Gasteiger partial charge in [-0.3, -0.25) is 9.69 Å². The molecule has 0 aromatic heterocycles. The van der Waals surface area contributed by atoms with E-state index in [1.165, 1.54) is 47.3 Å². The molecule has 1 amide bonds. The van der Waals surface area contributed by atoms with Crippen molar-refractivity contribution in [2.45, 2.75) is 46.0 Å². The molecule has 0 aliphatic carbocycles. The maximum absolute atomic E-state index is 11.5. The number of fused-ring (bicyclic) bond motifs is 1. The zero-order chi connectivity index (χ0) is 20.2. The molecular formula is C25H34ClN3O. The predicted molar refractivity (Wildman–Crippen MR) is 128 cm³/mol. The van der Waals surface area contributed by atoms with Crippen molar-refractivity contribution >= 4 is 29.7 Å². The van der Waals surface area contributed by atoms with E-state index >= 15 is 0 Å². The predicted octanol–water partition coefficient (Wildman–Crippen LogP) is 4.75. The van der Waals surface area contributed by atoms with Crippen molar-refractivity contribution in [2.75, 3.05) is 42.9 Å². The molecule has 2 aliphatic heterocycles. The normalized spacial score (nSPS) is 16.6. The number of unbranched alkanes of at least 4 members (excludes halogenated alkanes) is 1. The molecule has 0 radical (unpaired) electrons. The van der Waals surface area contributed by atoms with E-state index in [9.17, 15) is 4.79 Å². The molecule has 1 N–H and O–H groups in total. The third-order valence-corrected chi connectivity index (χ3v) is 6.54. The second-order valence-corrected chi connectivity index (χ2v) is 8.54. The molecule has 0 saturated carbocycles. The molecule has 2 aromatic carbocycles. The number of hydrogen-bond acceptors (Lipinski definition) is 3. The van der Waals surface area contributed by atoms with Crippen LogP contribution in [0.1, 0.15) is 41.5 Å². The van der Waals surface area contributed by atoms with E-state index in [0.717, 1.165) is 44.7 Å². The Morgan fingerprint density at radius 3 is 2.57 bits per heavy atom. The van der Waals surface area contributed by atoms with Crippen molar-refractivity contribution in [3.63, 3.8) is 0 Å². The van der Waals surface area contributed by atoms with E-state index in [1.54, 1.807) is 0 Å². The first-order valence-corrected chi connectivity index (χ1v) is 11.1. The fourth-order valence-electron chi connectivity index (χ4n) is 4.55. The average molecular weight is 428 g/mol. The number of nitrogens with one attached hydrogen (secondary N) is 1. The number of rotatable bonds is 6. The minimum atomic E-state index is 0. The van der Waals surface area contributed by atoms with Gasteiger partial charge in [-0.1, -0.05) is 24.3 Å². The zero-order valence-corrected chi connectivity index (χ0v) is 19.1. The van der Waals surface area contributed by atoms with Crippen molar-refractivity contribution in [3.05, 3.63) is 58.7 Å². The van der Waals surface area contributed by atoms with Crippen LogP contribution in [0.5, 0.6) is 0 Å². The number of nitrogens with zero attached hydrogens (tertiary/aromatic N) is 2. The van der Waals surface area contributed by atoms with Crippen LogP contribution >= 0.6 is 12.4 Å². The first kappa shape index (κ1) is 22.6. The van der Waals surface area contributed by atoms with E-state index in [-0.39, 0.29) is 18.3 Å². The van der Waals surface area contributed by atoms with Crippen LogP contribution in [0, 0.1) is 13.8 Å². The summed E-state index contributed by atoms with van der Waals surface area (Å²) in [7, 11) is 0. The summed E-state index contributed by atoms with van der Waals surface area (Å²) in [6, 6.07) is 13.2. The van der Waals surface area contributed by atoms with E-state index in [0.29, 0.717) is 6.42 Å². The van der Waals surface area contributed by atoms with Gasteiger partial charge in [0.15, 0.2) is 0 Å². The minimum Gasteiger partial charge on any atom is -0.369 e. The minimum absolute atomic E-state index is 0. The van der Waals surface area contributed by atoms with Crippen LogP contribution in [-0.4, -0.2) is 43.5 Å². The van der Waals surface area contributed by atoms with Crippen molar-refractivity contribution in [1.29, 1.82) is 0 Å². The Kier molecular flexibility index (Phi) is 7.79. The SMILES string of the molecule is Cc1cccc(N2CCN(CCCCc3ccc4c(c3)CCC(=O)N4)CC2)c1C.Cl. The molecule has 1 fully saturated rings. The van der Waals surface area contributed by atoms with Gasteiger partial charge in [-0.15, -0.1) is 12.4 Å². The van der Waals surface area contributed by atoms with Crippen molar-refractivity contribution in [2.24, 2.45) is 0 Å². The van der Waals surface area contributed by atoms with Crippen molar-refractivity contribution in [3.8, 4) is 0 Å². The summed E-state index contributed by atoms with van der Waals surface area (Å²) in [6.45, 7) is 10.2. The fourth-order valence-corrected chi connectivity index (χ4v) is 4.55. The number of anilines is 2. The van der Waals surface area contributed by atoms with E-state index in [2.05, 4.69) is 65.4 Å². The number of halogens is 1. The molecule has 0 atom stereocenters. The molecule has 2 aromatic rings. The summed E-state index contributed by atoms with van der Waals surface area (Å²) in [5.41, 5.74) is 7.92. The molecule has 0 bridgehead atoms. The van der Waals surface area contributed by atoms with Crippen LogP contribution in [0.25, 0.3) is 0 Å².